The lowest BCUT2D eigenvalue weighted by atomic mass is 9.98. The van der Waals surface area contributed by atoms with Gasteiger partial charge in [0.2, 0.25) is 5.91 Å². The van der Waals surface area contributed by atoms with E-state index >= 15 is 0 Å². The number of hydrogen-bond acceptors (Lipinski definition) is 4. The summed E-state index contributed by atoms with van der Waals surface area (Å²) in [6.45, 7) is 0. The third-order valence-electron chi connectivity index (χ3n) is 5.42. The Morgan fingerprint density at radius 3 is 2.06 bits per heavy atom. The Morgan fingerprint density at radius 2 is 1.47 bits per heavy atom. The third kappa shape index (κ3) is 6.92. The van der Waals surface area contributed by atoms with Crippen molar-refractivity contribution in [3.05, 3.63) is 107 Å². The van der Waals surface area contributed by atoms with Gasteiger partial charge in [-0.1, -0.05) is 66.7 Å². The predicted octanol–water partition coefficient (Wildman–Crippen LogP) is 2.75. The van der Waals surface area contributed by atoms with Gasteiger partial charge in [-0.2, -0.15) is 13.2 Å². The van der Waals surface area contributed by atoms with Gasteiger partial charge in [0.05, 0.1) is 11.6 Å². The van der Waals surface area contributed by atoms with Crippen molar-refractivity contribution >= 4 is 17.7 Å². The van der Waals surface area contributed by atoms with E-state index in [1.54, 1.807) is 60.7 Å². The minimum Gasteiger partial charge on any atom is -0.381 e. The molecule has 0 aliphatic heterocycles. The molecule has 188 valence electrons. The van der Waals surface area contributed by atoms with Gasteiger partial charge >= 0.3 is 6.18 Å². The summed E-state index contributed by atoms with van der Waals surface area (Å²) in [6.07, 6.45) is -6.76. The highest BCUT2D eigenvalue weighted by molar-refractivity contribution is 5.95. The SMILES string of the molecule is NC(=O)[C@@H](Cc1cccc(C(F)(F)F)c1)NC(=O)[C@H](O)[C@@H](NC(=O)c1ccccc1)c1ccccc1. The van der Waals surface area contributed by atoms with Gasteiger partial charge in [-0.05, 0) is 29.3 Å². The lowest BCUT2D eigenvalue weighted by Crippen LogP contribution is -2.52. The van der Waals surface area contributed by atoms with E-state index in [9.17, 15) is 32.7 Å². The summed E-state index contributed by atoms with van der Waals surface area (Å²) in [5, 5.41) is 15.8. The summed E-state index contributed by atoms with van der Waals surface area (Å²) in [4.78, 5) is 37.6. The Hall–Kier alpha value is -4.18. The second-order valence-corrected chi connectivity index (χ2v) is 8.04. The summed E-state index contributed by atoms with van der Waals surface area (Å²) < 4.78 is 39.1. The molecule has 3 aromatic carbocycles. The van der Waals surface area contributed by atoms with E-state index in [-0.39, 0.29) is 12.0 Å². The van der Waals surface area contributed by atoms with Crippen LogP contribution in [0.3, 0.4) is 0 Å². The van der Waals surface area contributed by atoms with Gasteiger partial charge in [0.1, 0.15) is 6.04 Å². The summed E-state index contributed by atoms with van der Waals surface area (Å²) in [6, 6.07) is 18.0. The van der Waals surface area contributed by atoms with Gasteiger partial charge in [0.15, 0.2) is 6.10 Å². The smallest absolute Gasteiger partial charge is 0.381 e. The number of alkyl halides is 3. The number of aliphatic hydroxyl groups excluding tert-OH is 1. The van der Waals surface area contributed by atoms with Gasteiger partial charge in [-0.25, -0.2) is 0 Å². The van der Waals surface area contributed by atoms with Crippen molar-refractivity contribution in [2.24, 2.45) is 5.73 Å². The van der Waals surface area contributed by atoms with E-state index in [1.807, 2.05) is 0 Å². The van der Waals surface area contributed by atoms with Crippen LogP contribution >= 0.6 is 0 Å². The van der Waals surface area contributed by atoms with E-state index in [2.05, 4.69) is 10.6 Å². The van der Waals surface area contributed by atoms with E-state index in [0.29, 0.717) is 11.1 Å². The first-order valence-electron chi connectivity index (χ1n) is 10.9. The Balaban J connectivity index is 1.79. The maximum atomic E-state index is 13.0. The molecule has 36 heavy (non-hydrogen) atoms. The zero-order valence-corrected chi connectivity index (χ0v) is 18.9. The summed E-state index contributed by atoms with van der Waals surface area (Å²) in [7, 11) is 0. The first kappa shape index (κ1) is 26.4. The van der Waals surface area contributed by atoms with Gasteiger partial charge in [-0.3, -0.25) is 14.4 Å². The lowest BCUT2D eigenvalue weighted by Gasteiger charge is -2.26. The molecule has 10 heteroatoms. The van der Waals surface area contributed by atoms with Crippen molar-refractivity contribution in [3.63, 3.8) is 0 Å². The molecular formula is C26H24F3N3O4. The number of benzene rings is 3. The molecule has 3 amide bonds. The van der Waals surface area contributed by atoms with Crippen molar-refractivity contribution in [1.29, 1.82) is 0 Å². The van der Waals surface area contributed by atoms with Crippen molar-refractivity contribution in [2.75, 3.05) is 0 Å². The molecular weight excluding hydrogens is 475 g/mol. The second-order valence-electron chi connectivity index (χ2n) is 8.04. The van der Waals surface area contributed by atoms with Crippen LogP contribution in [0.5, 0.6) is 0 Å². The molecule has 3 aromatic rings. The first-order chi connectivity index (χ1) is 17.1. The number of carbonyl (C=O) groups is 3. The molecule has 5 N–H and O–H groups in total. The highest BCUT2D eigenvalue weighted by Gasteiger charge is 2.33. The van der Waals surface area contributed by atoms with Crippen molar-refractivity contribution in [2.45, 2.75) is 30.8 Å². The fraction of sp³-hybridized carbons (Fsp3) is 0.192. The topological polar surface area (TPSA) is 122 Å². The highest BCUT2D eigenvalue weighted by atomic mass is 19.4. The molecule has 0 unspecified atom stereocenters. The zero-order chi connectivity index (χ0) is 26.3. The third-order valence-corrected chi connectivity index (χ3v) is 5.42. The maximum Gasteiger partial charge on any atom is 0.416 e. The van der Waals surface area contributed by atoms with Crippen LogP contribution in [0.4, 0.5) is 13.2 Å². The molecule has 3 atom stereocenters. The van der Waals surface area contributed by atoms with Crippen LogP contribution in [-0.2, 0) is 22.2 Å². The van der Waals surface area contributed by atoms with Crippen LogP contribution in [-0.4, -0.2) is 35.0 Å². The molecule has 0 aromatic heterocycles. The number of nitrogens with two attached hydrogens (primary N) is 1. The molecule has 0 radical (unpaired) electrons. The fourth-order valence-electron chi connectivity index (χ4n) is 3.56. The van der Waals surface area contributed by atoms with Crippen LogP contribution < -0.4 is 16.4 Å². The van der Waals surface area contributed by atoms with Crippen LogP contribution in [0.25, 0.3) is 0 Å². The fourth-order valence-corrected chi connectivity index (χ4v) is 3.56. The van der Waals surface area contributed by atoms with Crippen molar-refractivity contribution in [3.8, 4) is 0 Å². The lowest BCUT2D eigenvalue weighted by molar-refractivity contribution is -0.137. The van der Waals surface area contributed by atoms with E-state index in [0.717, 1.165) is 12.1 Å². The molecule has 0 aliphatic carbocycles. The Morgan fingerprint density at radius 1 is 0.861 bits per heavy atom. The Labute approximate surface area is 205 Å². The number of nitrogens with one attached hydrogen (secondary N) is 2. The second kappa shape index (κ2) is 11.5. The molecule has 0 heterocycles. The van der Waals surface area contributed by atoms with Crippen molar-refractivity contribution in [1.82, 2.24) is 10.6 Å². The van der Waals surface area contributed by atoms with Gasteiger partial charge in [0, 0.05) is 12.0 Å². The number of aliphatic hydroxyl groups is 1. The molecule has 0 saturated carbocycles. The Kier molecular flexibility index (Phi) is 8.44. The number of rotatable bonds is 9. The molecule has 7 nitrogen and oxygen atoms in total. The van der Waals surface area contributed by atoms with Crippen LogP contribution in [0.2, 0.25) is 0 Å². The first-order valence-corrected chi connectivity index (χ1v) is 10.9. The molecule has 0 fully saturated rings. The van der Waals surface area contributed by atoms with Crippen LogP contribution in [0, 0.1) is 0 Å². The van der Waals surface area contributed by atoms with E-state index in [1.165, 1.54) is 12.1 Å². The number of halogens is 3. The highest BCUT2D eigenvalue weighted by Crippen LogP contribution is 2.29. The largest absolute Gasteiger partial charge is 0.416 e. The average Bonchev–Trinajstić information content (AvgIpc) is 2.87. The van der Waals surface area contributed by atoms with Gasteiger partial charge in [-0.15, -0.1) is 0 Å². The van der Waals surface area contributed by atoms with Gasteiger partial charge < -0.3 is 21.5 Å². The molecule has 0 aliphatic rings. The van der Waals surface area contributed by atoms with Crippen LogP contribution in [0.1, 0.15) is 33.1 Å². The number of primary amides is 1. The molecule has 3 rings (SSSR count). The normalized spacial score (nSPS) is 13.8. The minimum absolute atomic E-state index is 0.111. The Bertz CT molecular complexity index is 1200. The maximum absolute atomic E-state index is 13.0. The molecule has 0 bridgehead atoms. The summed E-state index contributed by atoms with van der Waals surface area (Å²) in [5.74, 6) is -2.59. The van der Waals surface area contributed by atoms with E-state index < -0.39 is 47.6 Å². The van der Waals surface area contributed by atoms with Gasteiger partial charge in [0.25, 0.3) is 11.8 Å². The number of carbonyl (C=O) groups excluding carboxylic acids is 3. The minimum atomic E-state index is -4.59. The number of amides is 3. The average molecular weight is 499 g/mol. The summed E-state index contributed by atoms with van der Waals surface area (Å²) in [5.41, 5.74) is 5.28. The summed E-state index contributed by atoms with van der Waals surface area (Å²) >= 11 is 0. The predicted molar refractivity (Wildman–Crippen MR) is 125 cm³/mol. The van der Waals surface area contributed by atoms with Crippen molar-refractivity contribution < 1.29 is 32.7 Å². The van der Waals surface area contributed by atoms with Crippen LogP contribution in [0.15, 0.2) is 84.9 Å². The van der Waals surface area contributed by atoms with E-state index in [4.69, 9.17) is 5.73 Å². The molecule has 0 spiro atoms. The zero-order valence-electron chi connectivity index (χ0n) is 18.9. The standard InChI is InChI=1S/C26H24F3N3O4/c27-26(28,29)19-13-7-8-16(14-19)15-20(23(30)34)31-25(36)22(33)21(17-9-3-1-4-10-17)32-24(35)18-11-5-2-6-12-18/h1-14,20-22,33H,15H2,(H2,30,34)(H,31,36)(H,32,35)/t20-,21+,22-/m1/s1. The molecule has 0 saturated heterocycles. The quantitative estimate of drug-likeness (QED) is 0.362. The monoisotopic (exact) mass is 499 g/mol. The number of hydrogen-bond donors (Lipinski definition) is 4.